The summed E-state index contributed by atoms with van der Waals surface area (Å²) in [5.41, 5.74) is 0.986. The molecule has 20 heavy (non-hydrogen) atoms. The van der Waals surface area contributed by atoms with Crippen LogP contribution < -0.4 is 0 Å². The third-order valence-electron chi connectivity index (χ3n) is 2.75. The second kappa shape index (κ2) is 5.85. The Hall–Kier alpha value is -1.52. The summed E-state index contributed by atoms with van der Waals surface area (Å²) in [6.07, 6.45) is 1.52. The lowest BCUT2D eigenvalue weighted by molar-refractivity contribution is 0.0697. The molecule has 0 amide bonds. The van der Waals surface area contributed by atoms with Crippen LogP contribution in [0.3, 0.4) is 0 Å². The van der Waals surface area contributed by atoms with Gasteiger partial charge in [-0.3, -0.25) is 4.68 Å². The van der Waals surface area contributed by atoms with E-state index in [0.717, 1.165) is 0 Å². The maximum Gasteiger partial charge on any atom is 0.339 e. The van der Waals surface area contributed by atoms with E-state index in [9.17, 15) is 9.90 Å². The van der Waals surface area contributed by atoms with E-state index in [2.05, 4.69) is 5.10 Å². The average Bonchev–Trinajstić information content (AvgIpc) is 2.75. The fourth-order valence-electron chi connectivity index (χ4n) is 1.93. The summed E-state index contributed by atoms with van der Waals surface area (Å²) >= 11 is 12.1. The Morgan fingerprint density at radius 2 is 2.10 bits per heavy atom. The molecule has 1 aromatic carbocycles. The van der Waals surface area contributed by atoms with Crippen LogP contribution in [0.1, 0.15) is 24.2 Å². The first-order valence-corrected chi connectivity index (χ1v) is 6.91. The van der Waals surface area contributed by atoms with E-state index in [1.54, 1.807) is 22.9 Å². The first-order valence-electron chi connectivity index (χ1n) is 6.15. The normalized spacial score (nSPS) is 11.1. The highest BCUT2D eigenvalue weighted by atomic mass is 35.5. The molecule has 0 bridgehead atoms. The molecule has 0 aliphatic carbocycles. The highest BCUT2D eigenvalue weighted by Gasteiger charge is 2.20. The predicted molar refractivity (Wildman–Crippen MR) is 79.5 cm³/mol. The lowest BCUT2D eigenvalue weighted by atomic mass is 10.1. The summed E-state index contributed by atoms with van der Waals surface area (Å²) in [7, 11) is 0. The summed E-state index contributed by atoms with van der Waals surface area (Å²) in [4.78, 5) is 11.4. The molecule has 0 atom stereocenters. The number of carbonyl (C=O) groups is 1. The maximum absolute atomic E-state index is 11.4. The van der Waals surface area contributed by atoms with E-state index in [1.165, 1.54) is 6.20 Å². The molecule has 1 heterocycles. The molecule has 0 aliphatic rings. The molecule has 1 aromatic heterocycles. The summed E-state index contributed by atoms with van der Waals surface area (Å²) in [5, 5.41) is 14.3. The van der Waals surface area contributed by atoms with Crippen LogP contribution in [0.25, 0.3) is 11.3 Å². The smallest absolute Gasteiger partial charge is 0.339 e. The number of hydrogen-bond acceptors (Lipinski definition) is 2. The third-order valence-corrected chi connectivity index (χ3v) is 3.57. The van der Waals surface area contributed by atoms with E-state index in [0.29, 0.717) is 33.8 Å². The Morgan fingerprint density at radius 3 is 2.70 bits per heavy atom. The SMILES string of the molecule is CC(C)Cn1cc(C(=O)O)c(-c2cccc(Cl)c2Cl)n1. The lowest BCUT2D eigenvalue weighted by Crippen LogP contribution is -2.04. The first-order chi connectivity index (χ1) is 9.40. The van der Waals surface area contributed by atoms with Crippen LogP contribution in [-0.2, 0) is 6.54 Å². The van der Waals surface area contributed by atoms with Gasteiger partial charge in [-0.15, -0.1) is 0 Å². The van der Waals surface area contributed by atoms with Crippen molar-refractivity contribution >= 4 is 29.2 Å². The largest absolute Gasteiger partial charge is 0.478 e. The molecule has 0 fully saturated rings. The highest BCUT2D eigenvalue weighted by molar-refractivity contribution is 6.43. The Bertz CT molecular complexity index is 651. The lowest BCUT2D eigenvalue weighted by Gasteiger charge is -2.05. The van der Waals surface area contributed by atoms with Gasteiger partial charge in [0.1, 0.15) is 11.3 Å². The van der Waals surface area contributed by atoms with Crippen molar-refractivity contribution < 1.29 is 9.90 Å². The maximum atomic E-state index is 11.4. The summed E-state index contributed by atoms with van der Waals surface area (Å²) < 4.78 is 1.63. The van der Waals surface area contributed by atoms with Crippen molar-refractivity contribution in [1.29, 1.82) is 0 Å². The van der Waals surface area contributed by atoms with Gasteiger partial charge in [-0.2, -0.15) is 5.10 Å². The molecule has 2 aromatic rings. The third kappa shape index (κ3) is 2.97. The fraction of sp³-hybridized carbons (Fsp3) is 0.286. The number of benzene rings is 1. The zero-order valence-corrected chi connectivity index (χ0v) is 12.6. The van der Waals surface area contributed by atoms with E-state index in [4.69, 9.17) is 23.2 Å². The average molecular weight is 313 g/mol. The van der Waals surface area contributed by atoms with Gasteiger partial charge in [0, 0.05) is 18.3 Å². The number of rotatable bonds is 4. The molecular weight excluding hydrogens is 299 g/mol. The van der Waals surface area contributed by atoms with E-state index in [-0.39, 0.29) is 5.56 Å². The Labute approximate surface area is 126 Å². The van der Waals surface area contributed by atoms with Crippen molar-refractivity contribution in [3.05, 3.63) is 40.0 Å². The first kappa shape index (κ1) is 14.9. The van der Waals surface area contributed by atoms with Gasteiger partial charge < -0.3 is 5.11 Å². The number of aromatic carboxylic acids is 1. The molecular formula is C14H14Cl2N2O2. The molecule has 2 rings (SSSR count). The minimum Gasteiger partial charge on any atom is -0.478 e. The van der Waals surface area contributed by atoms with Crippen molar-refractivity contribution in [2.24, 2.45) is 5.92 Å². The molecule has 0 aliphatic heterocycles. The Balaban J connectivity index is 2.57. The van der Waals surface area contributed by atoms with Crippen molar-refractivity contribution in [2.75, 3.05) is 0 Å². The number of carboxylic acid groups (broad SMARTS) is 1. The molecule has 0 saturated heterocycles. The quantitative estimate of drug-likeness (QED) is 0.920. The number of halogens is 2. The van der Waals surface area contributed by atoms with Crippen molar-refractivity contribution in [3.8, 4) is 11.3 Å². The van der Waals surface area contributed by atoms with E-state index < -0.39 is 5.97 Å². The predicted octanol–water partition coefficient (Wildman–Crippen LogP) is 4.21. The van der Waals surface area contributed by atoms with Crippen LogP contribution in [0.5, 0.6) is 0 Å². The Kier molecular flexibility index (Phi) is 4.35. The van der Waals surface area contributed by atoms with Crippen LogP contribution in [0.2, 0.25) is 10.0 Å². The van der Waals surface area contributed by atoms with Gasteiger partial charge in [-0.05, 0) is 12.0 Å². The molecule has 6 heteroatoms. The van der Waals surface area contributed by atoms with Gasteiger partial charge in [0.05, 0.1) is 10.0 Å². The minimum atomic E-state index is -1.04. The fourth-order valence-corrected chi connectivity index (χ4v) is 2.32. The molecule has 0 radical (unpaired) electrons. The monoisotopic (exact) mass is 312 g/mol. The van der Waals surface area contributed by atoms with E-state index >= 15 is 0 Å². The molecule has 0 spiro atoms. The van der Waals surface area contributed by atoms with Crippen molar-refractivity contribution in [1.82, 2.24) is 9.78 Å². The van der Waals surface area contributed by atoms with Gasteiger partial charge >= 0.3 is 5.97 Å². The van der Waals surface area contributed by atoms with Crippen LogP contribution >= 0.6 is 23.2 Å². The van der Waals surface area contributed by atoms with Gasteiger partial charge in [0.2, 0.25) is 0 Å². The highest BCUT2D eigenvalue weighted by Crippen LogP contribution is 2.34. The van der Waals surface area contributed by atoms with Gasteiger partial charge in [-0.25, -0.2) is 4.79 Å². The van der Waals surface area contributed by atoms with Crippen molar-refractivity contribution in [2.45, 2.75) is 20.4 Å². The number of hydrogen-bond donors (Lipinski definition) is 1. The number of carboxylic acids is 1. The van der Waals surface area contributed by atoms with Gasteiger partial charge in [0.25, 0.3) is 0 Å². The standard InChI is InChI=1S/C14H14Cl2N2O2/c1-8(2)6-18-7-10(14(19)20)13(17-18)9-4-3-5-11(15)12(9)16/h3-5,7-8H,6H2,1-2H3,(H,19,20). The molecule has 1 N–H and O–H groups in total. The Morgan fingerprint density at radius 1 is 1.40 bits per heavy atom. The van der Waals surface area contributed by atoms with Gasteiger partial charge in [0.15, 0.2) is 0 Å². The van der Waals surface area contributed by atoms with Crippen LogP contribution in [0.4, 0.5) is 0 Å². The molecule has 4 nitrogen and oxygen atoms in total. The second-order valence-corrected chi connectivity index (χ2v) is 5.70. The van der Waals surface area contributed by atoms with Crippen LogP contribution in [0.15, 0.2) is 24.4 Å². The van der Waals surface area contributed by atoms with Gasteiger partial charge in [-0.1, -0.05) is 49.2 Å². The van der Waals surface area contributed by atoms with E-state index in [1.807, 2.05) is 13.8 Å². The molecule has 0 unspecified atom stereocenters. The van der Waals surface area contributed by atoms with Crippen LogP contribution in [-0.4, -0.2) is 20.9 Å². The summed E-state index contributed by atoms with van der Waals surface area (Å²) in [6.45, 7) is 4.71. The second-order valence-electron chi connectivity index (χ2n) is 4.91. The number of aromatic nitrogens is 2. The van der Waals surface area contributed by atoms with Crippen molar-refractivity contribution in [3.63, 3.8) is 0 Å². The number of nitrogens with zero attached hydrogens (tertiary/aromatic N) is 2. The summed E-state index contributed by atoms with van der Waals surface area (Å²) in [6, 6.07) is 5.08. The topological polar surface area (TPSA) is 55.1 Å². The minimum absolute atomic E-state index is 0.120. The molecule has 0 saturated carbocycles. The summed E-state index contributed by atoms with van der Waals surface area (Å²) in [5.74, 6) is -0.676. The zero-order chi connectivity index (χ0) is 14.9. The zero-order valence-electron chi connectivity index (χ0n) is 11.1. The molecule has 106 valence electrons. The van der Waals surface area contributed by atoms with Crippen LogP contribution in [0, 0.1) is 5.92 Å².